The highest BCUT2D eigenvalue weighted by atomic mass is 15.2. The first kappa shape index (κ1) is 8.52. The standard InChI is InChI=1S/C10H20N2/c1-7(11)8-5-9-3-4-10(6-8)12(9)2/h7-10H,3-6,11H2,1-2H3/t7-,8?,9?,10?/m0/s1. The van der Waals surface area contributed by atoms with E-state index in [0.29, 0.717) is 6.04 Å². The molecule has 0 amide bonds. The van der Waals surface area contributed by atoms with E-state index in [1.807, 2.05) is 0 Å². The Morgan fingerprint density at radius 3 is 2.17 bits per heavy atom. The van der Waals surface area contributed by atoms with Crippen molar-refractivity contribution < 1.29 is 0 Å². The van der Waals surface area contributed by atoms with Gasteiger partial charge in [-0.15, -0.1) is 0 Å². The summed E-state index contributed by atoms with van der Waals surface area (Å²) in [7, 11) is 2.28. The lowest BCUT2D eigenvalue weighted by Gasteiger charge is -2.37. The molecular weight excluding hydrogens is 148 g/mol. The molecule has 2 heterocycles. The molecule has 3 atom stereocenters. The van der Waals surface area contributed by atoms with Gasteiger partial charge in [-0.3, -0.25) is 0 Å². The first-order valence-corrected chi connectivity index (χ1v) is 5.16. The molecule has 2 N–H and O–H groups in total. The SMILES string of the molecule is C[C@H](N)C1CC2CCC(C1)N2C. The summed E-state index contributed by atoms with van der Waals surface area (Å²) < 4.78 is 0. The molecule has 0 radical (unpaired) electrons. The van der Waals surface area contributed by atoms with Crippen LogP contribution in [0.5, 0.6) is 0 Å². The normalized spacial score (nSPS) is 44.8. The fraction of sp³-hybridized carbons (Fsp3) is 1.00. The van der Waals surface area contributed by atoms with Gasteiger partial charge in [0.25, 0.3) is 0 Å². The average molecular weight is 168 g/mol. The molecule has 0 aliphatic carbocycles. The Morgan fingerprint density at radius 2 is 1.75 bits per heavy atom. The second-order valence-corrected chi connectivity index (χ2v) is 4.64. The monoisotopic (exact) mass is 168 g/mol. The first-order valence-electron chi connectivity index (χ1n) is 5.16. The van der Waals surface area contributed by atoms with Gasteiger partial charge in [-0.25, -0.2) is 0 Å². The zero-order valence-corrected chi connectivity index (χ0v) is 8.16. The van der Waals surface area contributed by atoms with Gasteiger partial charge in [0.2, 0.25) is 0 Å². The van der Waals surface area contributed by atoms with E-state index in [4.69, 9.17) is 5.73 Å². The van der Waals surface area contributed by atoms with Gasteiger partial charge >= 0.3 is 0 Å². The summed E-state index contributed by atoms with van der Waals surface area (Å²) >= 11 is 0. The van der Waals surface area contributed by atoms with E-state index in [9.17, 15) is 0 Å². The number of piperidine rings is 1. The van der Waals surface area contributed by atoms with Crippen LogP contribution in [0, 0.1) is 5.92 Å². The number of nitrogens with two attached hydrogens (primary N) is 1. The van der Waals surface area contributed by atoms with Crippen molar-refractivity contribution in [1.82, 2.24) is 4.90 Å². The summed E-state index contributed by atoms with van der Waals surface area (Å²) in [6, 6.07) is 2.10. The third-order valence-corrected chi connectivity index (χ3v) is 3.88. The maximum atomic E-state index is 5.95. The molecule has 2 bridgehead atoms. The Morgan fingerprint density at radius 1 is 1.25 bits per heavy atom. The Kier molecular flexibility index (Phi) is 2.13. The van der Waals surface area contributed by atoms with E-state index in [1.54, 1.807) is 0 Å². The molecule has 2 saturated heterocycles. The van der Waals surface area contributed by atoms with Gasteiger partial charge in [0.15, 0.2) is 0 Å². The summed E-state index contributed by atoms with van der Waals surface area (Å²) in [6.45, 7) is 2.16. The second-order valence-electron chi connectivity index (χ2n) is 4.64. The van der Waals surface area contributed by atoms with Crippen molar-refractivity contribution >= 4 is 0 Å². The summed E-state index contributed by atoms with van der Waals surface area (Å²) in [4.78, 5) is 2.57. The zero-order chi connectivity index (χ0) is 8.72. The minimum Gasteiger partial charge on any atom is -0.328 e. The Labute approximate surface area is 75.1 Å². The average Bonchev–Trinajstić information content (AvgIpc) is 2.30. The fourth-order valence-electron chi connectivity index (χ4n) is 2.88. The van der Waals surface area contributed by atoms with Crippen molar-refractivity contribution in [2.45, 2.75) is 50.7 Å². The number of rotatable bonds is 1. The number of hydrogen-bond donors (Lipinski definition) is 1. The molecule has 0 aromatic heterocycles. The van der Waals surface area contributed by atoms with Gasteiger partial charge in [0.05, 0.1) is 0 Å². The molecule has 2 heteroatoms. The van der Waals surface area contributed by atoms with Crippen molar-refractivity contribution in [3.8, 4) is 0 Å². The van der Waals surface area contributed by atoms with Crippen molar-refractivity contribution in [1.29, 1.82) is 0 Å². The molecule has 2 unspecified atom stereocenters. The molecule has 2 fully saturated rings. The first-order chi connectivity index (χ1) is 5.68. The maximum absolute atomic E-state index is 5.95. The van der Waals surface area contributed by atoms with Crippen LogP contribution in [-0.4, -0.2) is 30.1 Å². The molecular formula is C10H20N2. The van der Waals surface area contributed by atoms with E-state index >= 15 is 0 Å². The van der Waals surface area contributed by atoms with Gasteiger partial charge < -0.3 is 10.6 Å². The Balaban J connectivity index is 2.02. The lowest BCUT2D eigenvalue weighted by atomic mass is 9.86. The topological polar surface area (TPSA) is 29.3 Å². The largest absolute Gasteiger partial charge is 0.328 e. The van der Waals surface area contributed by atoms with Crippen LogP contribution in [0.4, 0.5) is 0 Å². The van der Waals surface area contributed by atoms with Gasteiger partial charge in [-0.05, 0) is 45.6 Å². The van der Waals surface area contributed by atoms with Crippen LogP contribution in [0.2, 0.25) is 0 Å². The van der Waals surface area contributed by atoms with Crippen LogP contribution in [0.3, 0.4) is 0 Å². The van der Waals surface area contributed by atoms with E-state index in [2.05, 4.69) is 18.9 Å². The highest BCUT2D eigenvalue weighted by Gasteiger charge is 2.39. The van der Waals surface area contributed by atoms with E-state index < -0.39 is 0 Å². The summed E-state index contributed by atoms with van der Waals surface area (Å²) in [5.74, 6) is 0.790. The lowest BCUT2D eigenvalue weighted by Crippen LogP contribution is -2.44. The smallest absolute Gasteiger partial charge is 0.00989 e. The van der Waals surface area contributed by atoms with Gasteiger partial charge in [-0.2, -0.15) is 0 Å². The highest BCUT2D eigenvalue weighted by molar-refractivity contribution is 4.95. The number of fused-ring (bicyclic) bond motifs is 2. The van der Waals surface area contributed by atoms with Gasteiger partial charge in [-0.1, -0.05) is 0 Å². The van der Waals surface area contributed by atoms with Crippen molar-refractivity contribution in [2.75, 3.05) is 7.05 Å². The predicted octanol–water partition coefficient (Wildman–Crippen LogP) is 1.21. The molecule has 2 aliphatic rings. The van der Waals surface area contributed by atoms with E-state index in [1.165, 1.54) is 25.7 Å². The van der Waals surface area contributed by atoms with E-state index in [0.717, 1.165) is 18.0 Å². The lowest BCUT2D eigenvalue weighted by molar-refractivity contribution is 0.124. The fourth-order valence-corrected chi connectivity index (χ4v) is 2.88. The maximum Gasteiger partial charge on any atom is 0.00989 e. The van der Waals surface area contributed by atoms with Crippen molar-refractivity contribution in [3.63, 3.8) is 0 Å². The number of nitrogens with zero attached hydrogens (tertiary/aromatic N) is 1. The molecule has 12 heavy (non-hydrogen) atoms. The molecule has 2 aliphatic heterocycles. The van der Waals surface area contributed by atoms with Crippen LogP contribution in [0.25, 0.3) is 0 Å². The zero-order valence-electron chi connectivity index (χ0n) is 8.16. The van der Waals surface area contributed by atoms with Crippen LogP contribution < -0.4 is 5.73 Å². The molecule has 2 rings (SSSR count). The quantitative estimate of drug-likeness (QED) is 0.637. The molecule has 0 aromatic carbocycles. The molecule has 0 saturated carbocycles. The molecule has 0 aromatic rings. The Hall–Kier alpha value is -0.0800. The van der Waals surface area contributed by atoms with Crippen LogP contribution in [0.15, 0.2) is 0 Å². The van der Waals surface area contributed by atoms with Crippen LogP contribution >= 0.6 is 0 Å². The molecule has 0 spiro atoms. The molecule has 2 nitrogen and oxygen atoms in total. The summed E-state index contributed by atoms with van der Waals surface area (Å²) in [5.41, 5.74) is 5.95. The third-order valence-electron chi connectivity index (χ3n) is 3.88. The minimum absolute atomic E-state index is 0.404. The van der Waals surface area contributed by atoms with Crippen molar-refractivity contribution in [3.05, 3.63) is 0 Å². The number of hydrogen-bond acceptors (Lipinski definition) is 2. The predicted molar refractivity (Wildman–Crippen MR) is 50.9 cm³/mol. The third kappa shape index (κ3) is 1.27. The van der Waals surface area contributed by atoms with Crippen LogP contribution in [-0.2, 0) is 0 Å². The van der Waals surface area contributed by atoms with Gasteiger partial charge in [0.1, 0.15) is 0 Å². The Bertz CT molecular complexity index is 153. The minimum atomic E-state index is 0.404. The summed E-state index contributed by atoms with van der Waals surface area (Å²) in [6.07, 6.45) is 5.49. The van der Waals surface area contributed by atoms with Crippen LogP contribution in [0.1, 0.15) is 32.6 Å². The highest BCUT2D eigenvalue weighted by Crippen LogP contribution is 2.38. The van der Waals surface area contributed by atoms with Crippen molar-refractivity contribution in [2.24, 2.45) is 11.7 Å². The van der Waals surface area contributed by atoms with E-state index in [-0.39, 0.29) is 0 Å². The summed E-state index contributed by atoms with van der Waals surface area (Å²) in [5, 5.41) is 0. The molecule has 70 valence electrons. The second kappa shape index (κ2) is 3.00. The van der Waals surface area contributed by atoms with Gasteiger partial charge in [0, 0.05) is 18.1 Å².